The fraction of sp³-hybridized carbons (Fsp3) is 0.261. The van der Waals surface area contributed by atoms with Gasteiger partial charge in [-0.25, -0.2) is 4.79 Å². The summed E-state index contributed by atoms with van der Waals surface area (Å²) in [7, 11) is 1.52. The van der Waals surface area contributed by atoms with Gasteiger partial charge in [0.15, 0.2) is 0 Å². The monoisotopic (exact) mass is 444 g/mol. The summed E-state index contributed by atoms with van der Waals surface area (Å²) < 4.78 is 5.08. The van der Waals surface area contributed by atoms with Crippen LogP contribution in [0.2, 0.25) is 5.02 Å². The molecule has 3 N–H and O–H groups in total. The molecule has 0 spiro atoms. The van der Waals surface area contributed by atoms with Gasteiger partial charge in [-0.15, -0.1) is 0 Å². The smallest absolute Gasteiger partial charge is 0.326 e. The summed E-state index contributed by atoms with van der Waals surface area (Å²) in [6.07, 6.45) is 1.71. The molecule has 0 aliphatic carbocycles. The Labute approximate surface area is 186 Å². The fourth-order valence-corrected chi connectivity index (χ4v) is 2.88. The van der Waals surface area contributed by atoms with E-state index in [9.17, 15) is 19.5 Å². The van der Waals surface area contributed by atoms with Gasteiger partial charge in [0.2, 0.25) is 0 Å². The molecule has 0 saturated heterocycles. The molecule has 8 heteroatoms. The van der Waals surface area contributed by atoms with Crippen molar-refractivity contribution < 1.29 is 24.2 Å². The number of benzene rings is 2. The third-order valence-electron chi connectivity index (χ3n) is 4.34. The molecule has 2 amide bonds. The molecule has 2 aromatic rings. The molecule has 0 saturated carbocycles. The molecule has 2 rings (SSSR count). The van der Waals surface area contributed by atoms with E-state index in [1.165, 1.54) is 13.2 Å². The summed E-state index contributed by atoms with van der Waals surface area (Å²) in [6.45, 7) is 3.72. The highest BCUT2D eigenvalue weighted by Crippen LogP contribution is 2.15. The number of carboxylic acids is 1. The predicted octanol–water partition coefficient (Wildman–Crippen LogP) is 3.74. The van der Waals surface area contributed by atoms with Crippen molar-refractivity contribution in [3.8, 4) is 5.75 Å². The number of methoxy groups -OCH3 is 1. The maximum absolute atomic E-state index is 12.9. The number of aliphatic carboxylic acids is 1. The Morgan fingerprint density at radius 2 is 1.68 bits per heavy atom. The van der Waals surface area contributed by atoms with Gasteiger partial charge in [0.25, 0.3) is 11.8 Å². The second-order valence-corrected chi connectivity index (χ2v) is 7.72. The Balaban J connectivity index is 2.30. The first-order valence-electron chi connectivity index (χ1n) is 9.66. The topological polar surface area (TPSA) is 105 Å². The number of hydrogen-bond acceptors (Lipinski definition) is 4. The van der Waals surface area contributed by atoms with E-state index in [0.717, 1.165) is 0 Å². The van der Waals surface area contributed by atoms with Crippen molar-refractivity contribution in [1.29, 1.82) is 0 Å². The van der Waals surface area contributed by atoms with Crippen LogP contribution in [0.3, 0.4) is 0 Å². The van der Waals surface area contributed by atoms with Crippen molar-refractivity contribution in [2.45, 2.75) is 26.3 Å². The molecule has 0 bridgehead atoms. The summed E-state index contributed by atoms with van der Waals surface area (Å²) in [5.74, 6) is -1.73. The normalized spacial score (nSPS) is 12.2. The van der Waals surface area contributed by atoms with Crippen LogP contribution in [0.25, 0.3) is 6.08 Å². The van der Waals surface area contributed by atoms with Crippen LogP contribution >= 0.6 is 11.6 Å². The molecule has 164 valence electrons. The summed E-state index contributed by atoms with van der Waals surface area (Å²) in [5, 5.41) is 15.0. The lowest BCUT2D eigenvalue weighted by Gasteiger charge is -2.18. The van der Waals surface area contributed by atoms with E-state index in [0.29, 0.717) is 21.9 Å². The van der Waals surface area contributed by atoms with Gasteiger partial charge in [-0.05, 0) is 60.4 Å². The molecular formula is C23H25ClN2O5. The molecule has 7 nitrogen and oxygen atoms in total. The highest BCUT2D eigenvalue weighted by Gasteiger charge is 2.24. The third-order valence-corrected chi connectivity index (χ3v) is 4.59. The fourth-order valence-electron chi connectivity index (χ4n) is 2.75. The van der Waals surface area contributed by atoms with E-state index in [-0.39, 0.29) is 18.0 Å². The number of rotatable bonds is 9. The molecule has 31 heavy (non-hydrogen) atoms. The largest absolute Gasteiger partial charge is 0.497 e. The van der Waals surface area contributed by atoms with Crippen LogP contribution in [-0.4, -0.2) is 36.0 Å². The van der Waals surface area contributed by atoms with Gasteiger partial charge < -0.3 is 20.5 Å². The predicted molar refractivity (Wildman–Crippen MR) is 119 cm³/mol. The minimum absolute atomic E-state index is 0.0546. The van der Waals surface area contributed by atoms with E-state index >= 15 is 0 Å². The molecule has 0 heterocycles. The van der Waals surface area contributed by atoms with Gasteiger partial charge in [0.1, 0.15) is 17.5 Å². The molecule has 2 aromatic carbocycles. The van der Waals surface area contributed by atoms with E-state index in [4.69, 9.17) is 16.3 Å². The van der Waals surface area contributed by atoms with Crippen LogP contribution in [-0.2, 0) is 9.59 Å². The van der Waals surface area contributed by atoms with Crippen molar-refractivity contribution in [2.24, 2.45) is 5.92 Å². The molecule has 0 aliphatic heterocycles. The Hall–Kier alpha value is -3.32. The lowest BCUT2D eigenvalue weighted by molar-refractivity contribution is -0.141. The molecule has 0 aliphatic rings. The SMILES string of the molecule is COc1ccc(C(=O)N/C(=C/c2ccc(Cl)cc2)C(=O)N[C@H](CC(C)C)C(=O)O)cc1. The minimum atomic E-state index is -1.14. The molecule has 1 atom stereocenters. The van der Waals surface area contributed by atoms with Crippen LogP contribution in [0.5, 0.6) is 5.75 Å². The van der Waals surface area contributed by atoms with Crippen LogP contribution < -0.4 is 15.4 Å². The number of carbonyl (C=O) groups excluding carboxylic acids is 2. The molecular weight excluding hydrogens is 420 g/mol. The first-order chi connectivity index (χ1) is 14.7. The Kier molecular flexibility index (Phi) is 8.63. The lowest BCUT2D eigenvalue weighted by Crippen LogP contribution is -2.45. The van der Waals surface area contributed by atoms with Gasteiger partial charge in [-0.3, -0.25) is 9.59 Å². The van der Waals surface area contributed by atoms with Crippen molar-refractivity contribution in [3.05, 3.63) is 70.4 Å². The van der Waals surface area contributed by atoms with Crippen LogP contribution in [0, 0.1) is 5.92 Å². The molecule has 0 fully saturated rings. The highest BCUT2D eigenvalue weighted by atomic mass is 35.5. The number of carboxylic acid groups (broad SMARTS) is 1. The van der Waals surface area contributed by atoms with Gasteiger partial charge in [-0.2, -0.15) is 0 Å². The van der Waals surface area contributed by atoms with Gasteiger partial charge >= 0.3 is 5.97 Å². The van der Waals surface area contributed by atoms with Crippen molar-refractivity contribution in [1.82, 2.24) is 10.6 Å². The number of carbonyl (C=O) groups is 3. The molecule has 0 aromatic heterocycles. The zero-order valence-corrected chi connectivity index (χ0v) is 18.3. The third kappa shape index (κ3) is 7.46. The van der Waals surface area contributed by atoms with Crippen molar-refractivity contribution in [3.63, 3.8) is 0 Å². The second kappa shape index (κ2) is 11.2. The number of amides is 2. The average Bonchev–Trinajstić information content (AvgIpc) is 2.73. The Morgan fingerprint density at radius 1 is 1.06 bits per heavy atom. The standard InChI is InChI=1S/C23H25ClN2O5/c1-14(2)12-20(23(29)30)26-22(28)19(13-15-4-8-17(24)9-5-15)25-21(27)16-6-10-18(31-3)11-7-16/h4-11,13-14,20H,12H2,1-3H3,(H,25,27)(H,26,28)(H,29,30)/b19-13+/t20-/m1/s1. The summed E-state index contributed by atoms with van der Waals surface area (Å²) in [6, 6.07) is 11.9. The first kappa shape index (κ1) is 24.0. The first-order valence-corrected chi connectivity index (χ1v) is 10.0. The number of ether oxygens (including phenoxy) is 1. The van der Waals surface area contributed by atoms with Crippen LogP contribution in [0.15, 0.2) is 54.2 Å². The molecule has 0 radical (unpaired) electrons. The summed E-state index contributed by atoms with van der Waals surface area (Å²) in [4.78, 5) is 37.1. The van der Waals surface area contributed by atoms with Gasteiger partial charge in [-0.1, -0.05) is 37.6 Å². The molecule has 0 unspecified atom stereocenters. The maximum Gasteiger partial charge on any atom is 0.326 e. The Morgan fingerprint density at radius 3 is 2.19 bits per heavy atom. The lowest BCUT2D eigenvalue weighted by atomic mass is 10.0. The number of nitrogens with one attached hydrogen (secondary N) is 2. The van der Waals surface area contributed by atoms with Crippen molar-refractivity contribution in [2.75, 3.05) is 7.11 Å². The zero-order valence-electron chi connectivity index (χ0n) is 17.5. The van der Waals surface area contributed by atoms with Crippen LogP contribution in [0.1, 0.15) is 36.2 Å². The van der Waals surface area contributed by atoms with E-state index in [1.54, 1.807) is 48.5 Å². The van der Waals surface area contributed by atoms with E-state index in [1.807, 2.05) is 13.8 Å². The number of halogens is 1. The zero-order chi connectivity index (χ0) is 23.0. The van der Waals surface area contributed by atoms with E-state index < -0.39 is 23.8 Å². The summed E-state index contributed by atoms with van der Waals surface area (Å²) in [5.41, 5.74) is 0.839. The number of hydrogen-bond donors (Lipinski definition) is 3. The van der Waals surface area contributed by atoms with Crippen molar-refractivity contribution >= 4 is 35.5 Å². The quantitative estimate of drug-likeness (QED) is 0.511. The minimum Gasteiger partial charge on any atom is -0.497 e. The van der Waals surface area contributed by atoms with Gasteiger partial charge in [0.05, 0.1) is 7.11 Å². The van der Waals surface area contributed by atoms with Crippen LogP contribution in [0.4, 0.5) is 0 Å². The highest BCUT2D eigenvalue weighted by molar-refractivity contribution is 6.30. The maximum atomic E-state index is 12.9. The average molecular weight is 445 g/mol. The second-order valence-electron chi connectivity index (χ2n) is 7.29. The van der Waals surface area contributed by atoms with E-state index in [2.05, 4.69) is 10.6 Å². The van der Waals surface area contributed by atoms with Gasteiger partial charge in [0, 0.05) is 10.6 Å². The summed E-state index contributed by atoms with van der Waals surface area (Å²) >= 11 is 5.91. The Bertz CT molecular complexity index is 953.